The molecule has 2 nitrogen and oxygen atoms in total. The van der Waals surface area contributed by atoms with Crippen molar-refractivity contribution < 1.29 is 13.6 Å². The predicted molar refractivity (Wildman–Crippen MR) is 51.6 cm³/mol. The molecule has 80 valence electrons. The van der Waals surface area contributed by atoms with Crippen LogP contribution in [0.4, 0.5) is 8.78 Å². The first-order valence-electron chi connectivity index (χ1n) is 4.85. The monoisotopic (exact) mass is 211 g/mol. The van der Waals surface area contributed by atoms with E-state index in [-0.39, 0.29) is 23.1 Å². The highest BCUT2D eigenvalue weighted by molar-refractivity contribution is 5.96. The van der Waals surface area contributed by atoms with Crippen molar-refractivity contribution >= 4 is 5.91 Å². The molecule has 1 aromatic rings. The molecule has 15 heavy (non-hydrogen) atoms. The molecule has 1 aliphatic rings. The van der Waals surface area contributed by atoms with Crippen LogP contribution < -0.4 is 5.32 Å². The lowest BCUT2D eigenvalue weighted by atomic mass is 10.1. The van der Waals surface area contributed by atoms with Gasteiger partial charge in [-0.3, -0.25) is 4.79 Å². The second kappa shape index (κ2) is 3.61. The minimum Gasteiger partial charge on any atom is -0.349 e. The summed E-state index contributed by atoms with van der Waals surface area (Å²) in [7, 11) is 0. The number of carbonyl (C=O) groups is 1. The van der Waals surface area contributed by atoms with E-state index in [1.54, 1.807) is 0 Å². The van der Waals surface area contributed by atoms with Gasteiger partial charge in [0.1, 0.15) is 0 Å². The van der Waals surface area contributed by atoms with Crippen molar-refractivity contribution in [2.24, 2.45) is 0 Å². The van der Waals surface area contributed by atoms with Crippen LogP contribution in [0.15, 0.2) is 12.1 Å². The summed E-state index contributed by atoms with van der Waals surface area (Å²) >= 11 is 0. The summed E-state index contributed by atoms with van der Waals surface area (Å²) in [5.74, 6) is -2.19. The van der Waals surface area contributed by atoms with Gasteiger partial charge in [-0.1, -0.05) is 0 Å². The molecule has 0 atom stereocenters. The van der Waals surface area contributed by atoms with Gasteiger partial charge in [-0.15, -0.1) is 0 Å². The molecule has 1 saturated carbocycles. The van der Waals surface area contributed by atoms with Crippen molar-refractivity contribution in [3.05, 3.63) is 34.9 Å². The Morgan fingerprint density at radius 3 is 2.67 bits per heavy atom. The number of hydrogen-bond acceptors (Lipinski definition) is 1. The highest BCUT2D eigenvalue weighted by Crippen LogP contribution is 2.21. The quantitative estimate of drug-likeness (QED) is 0.798. The molecule has 1 amide bonds. The fourth-order valence-corrected chi connectivity index (χ4v) is 1.39. The average Bonchev–Trinajstić information content (AvgIpc) is 2.98. The van der Waals surface area contributed by atoms with Gasteiger partial charge < -0.3 is 5.32 Å². The molecule has 1 fully saturated rings. The number of rotatable bonds is 2. The van der Waals surface area contributed by atoms with Crippen molar-refractivity contribution in [2.75, 3.05) is 0 Å². The highest BCUT2D eigenvalue weighted by Gasteiger charge is 2.25. The summed E-state index contributed by atoms with van der Waals surface area (Å²) in [6.07, 6.45) is 1.93. The maximum Gasteiger partial charge on any atom is 0.251 e. The average molecular weight is 211 g/mol. The Labute approximate surface area is 86.3 Å². The molecular formula is C11H11F2NO. The molecule has 0 saturated heterocycles. The Bertz CT molecular complexity index is 413. The van der Waals surface area contributed by atoms with Gasteiger partial charge in [0.25, 0.3) is 5.91 Å². The first-order valence-corrected chi connectivity index (χ1v) is 4.85. The molecule has 0 aromatic heterocycles. The van der Waals surface area contributed by atoms with Gasteiger partial charge in [0.15, 0.2) is 11.6 Å². The Morgan fingerprint density at radius 1 is 1.40 bits per heavy atom. The molecule has 1 aromatic carbocycles. The minimum absolute atomic E-state index is 0.0631. The van der Waals surface area contributed by atoms with Crippen LogP contribution >= 0.6 is 0 Å². The van der Waals surface area contributed by atoms with Crippen LogP contribution in [0.2, 0.25) is 0 Å². The normalized spacial score (nSPS) is 15.1. The van der Waals surface area contributed by atoms with Crippen molar-refractivity contribution in [1.82, 2.24) is 5.32 Å². The van der Waals surface area contributed by atoms with E-state index in [0.717, 1.165) is 18.9 Å². The maximum atomic E-state index is 13.1. The summed E-state index contributed by atoms with van der Waals surface area (Å²) in [5, 5.41) is 2.73. The molecule has 4 heteroatoms. The van der Waals surface area contributed by atoms with E-state index < -0.39 is 11.6 Å². The van der Waals surface area contributed by atoms with Crippen LogP contribution in [0.1, 0.15) is 28.8 Å². The predicted octanol–water partition coefficient (Wildman–Crippen LogP) is 2.17. The first kappa shape index (κ1) is 10.1. The lowest BCUT2D eigenvalue weighted by molar-refractivity contribution is 0.0950. The first-order chi connectivity index (χ1) is 7.09. The summed E-state index contributed by atoms with van der Waals surface area (Å²) in [5.41, 5.74) is 0.272. The third kappa shape index (κ3) is 1.98. The second-order valence-electron chi connectivity index (χ2n) is 3.78. The van der Waals surface area contributed by atoms with E-state index in [9.17, 15) is 13.6 Å². The molecule has 0 bridgehead atoms. The van der Waals surface area contributed by atoms with E-state index in [2.05, 4.69) is 5.32 Å². The van der Waals surface area contributed by atoms with Crippen LogP contribution in [-0.2, 0) is 0 Å². The lowest BCUT2D eigenvalue weighted by Gasteiger charge is -2.07. The Morgan fingerprint density at radius 2 is 2.07 bits per heavy atom. The molecule has 1 aliphatic carbocycles. The van der Waals surface area contributed by atoms with Crippen molar-refractivity contribution in [2.45, 2.75) is 25.8 Å². The van der Waals surface area contributed by atoms with Crippen molar-refractivity contribution in [3.63, 3.8) is 0 Å². The van der Waals surface area contributed by atoms with Gasteiger partial charge in [0.2, 0.25) is 0 Å². The smallest absolute Gasteiger partial charge is 0.251 e. The number of hydrogen-bond donors (Lipinski definition) is 1. The third-order valence-electron chi connectivity index (χ3n) is 2.50. The zero-order valence-electron chi connectivity index (χ0n) is 8.31. The summed E-state index contributed by atoms with van der Waals surface area (Å²) in [6.45, 7) is 1.40. The molecule has 2 rings (SSSR count). The van der Waals surface area contributed by atoms with E-state index in [0.29, 0.717) is 0 Å². The number of amides is 1. The largest absolute Gasteiger partial charge is 0.349 e. The zero-order valence-corrected chi connectivity index (χ0v) is 8.31. The molecule has 0 heterocycles. The van der Waals surface area contributed by atoms with E-state index >= 15 is 0 Å². The van der Waals surface area contributed by atoms with Crippen LogP contribution in [-0.4, -0.2) is 11.9 Å². The van der Waals surface area contributed by atoms with Crippen LogP contribution in [0, 0.1) is 18.6 Å². The van der Waals surface area contributed by atoms with E-state index in [4.69, 9.17) is 0 Å². The van der Waals surface area contributed by atoms with Crippen molar-refractivity contribution in [3.8, 4) is 0 Å². The van der Waals surface area contributed by atoms with Gasteiger partial charge in [-0.05, 0) is 31.9 Å². The molecule has 0 spiro atoms. The van der Waals surface area contributed by atoms with Gasteiger partial charge >= 0.3 is 0 Å². The number of carbonyl (C=O) groups excluding carboxylic acids is 1. The van der Waals surface area contributed by atoms with Gasteiger partial charge in [-0.2, -0.15) is 0 Å². The minimum atomic E-state index is -0.946. The molecule has 0 unspecified atom stereocenters. The fourth-order valence-electron chi connectivity index (χ4n) is 1.39. The van der Waals surface area contributed by atoms with Gasteiger partial charge in [0.05, 0.1) is 0 Å². The SMILES string of the molecule is Cc1c(C(=O)NC2CC2)ccc(F)c1F. The standard InChI is InChI=1S/C11H11F2NO/c1-6-8(4-5-9(12)10(6)13)11(15)14-7-2-3-7/h4-5,7H,2-3H2,1H3,(H,14,15). The summed E-state index contributed by atoms with van der Waals surface area (Å²) in [6, 6.07) is 2.50. The molecule has 0 radical (unpaired) electrons. The van der Waals surface area contributed by atoms with Crippen LogP contribution in [0.3, 0.4) is 0 Å². The molecule has 0 aliphatic heterocycles. The lowest BCUT2D eigenvalue weighted by Crippen LogP contribution is -2.26. The topological polar surface area (TPSA) is 29.1 Å². The summed E-state index contributed by atoms with van der Waals surface area (Å²) < 4.78 is 25.9. The highest BCUT2D eigenvalue weighted by atomic mass is 19.2. The third-order valence-corrected chi connectivity index (χ3v) is 2.50. The van der Waals surface area contributed by atoms with E-state index in [1.807, 2.05) is 0 Å². The Kier molecular flexibility index (Phi) is 2.42. The van der Waals surface area contributed by atoms with Crippen LogP contribution in [0.25, 0.3) is 0 Å². The molecule has 1 N–H and O–H groups in total. The fraction of sp³-hybridized carbons (Fsp3) is 0.364. The van der Waals surface area contributed by atoms with Gasteiger partial charge in [0, 0.05) is 17.2 Å². The Hall–Kier alpha value is -1.45. The maximum absolute atomic E-state index is 13.1. The van der Waals surface area contributed by atoms with Gasteiger partial charge in [-0.25, -0.2) is 8.78 Å². The second-order valence-corrected chi connectivity index (χ2v) is 3.78. The molecular weight excluding hydrogens is 200 g/mol. The number of halogens is 2. The van der Waals surface area contributed by atoms with Crippen LogP contribution in [0.5, 0.6) is 0 Å². The number of nitrogens with one attached hydrogen (secondary N) is 1. The zero-order chi connectivity index (χ0) is 11.0. The van der Waals surface area contributed by atoms with E-state index in [1.165, 1.54) is 13.0 Å². The number of benzene rings is 1. The van der Waals surface area contributed by atoms with Crippen molar-refractivity contribution in [1.29, 1.82) is 0 Å². The Balaban J connectivity index is 2.26. The summed E-state index contributed by atoms with van der Waals surface area (Å²) in [4.78, 5) is 11.6.